The van der Waals surface area contributed by atoms with E-state index in [0.717, 1.165) is 16.3 Å². The summed E-state index contributed by atoms with van der Waals surface area (Å²) < 4.78 is 6.06. The predicted molar refractivity (Wildman–Crippen MR) is 64.2 cm³/mol. The number of hydrogen-bond acceptors (Lipinski definition) is 2. The smallest absolute Gasteiger partial charge is 0.228 e. The minimum Gasteiger partial charge on any atom is -0.431 e. The highest BCUT2D eigenvalue weighted by Gasteiger charge is 2.05. The summed E-state index contributed by atoms with van der Waals surface area (Å²) in [6, 6.07) is 9.56. The van der Waals surface area contributed by atoms with Crippen LogP contribution in [0.2, 0.25) is 5.02 Å². The predicted octanol–water partition coefficient (Wildman–Crippen LogP) is 4.40. The average molecular weight is 283 g/mol. The second-order valence-electron chi connectivity index (χ2n) is 3.27. The van der Waals surface area contributed by atoms with Crippen molar-refractivity contribution in [1.29, 1.82) is 0 Å². The van der Waals surface area contributed by atoms with Crippen molar-refractivity contribution in [3.63, 3.8) is 0 Å². The molecule has 0 saturated carbocycles. The van der Waals surface area contributed by atoms with Crippen molar-refractivity contribution in [3.05, 3.63) is 40.0 Å². The molecule has 2 aromatic heterocycles. The second-order valence-corrected chi connectivity index (χ2v) is 4.49. The lowest BCUT2D eigenvalue weighted by atomic mass is 10.2. The van der Waals surface area contributed by atoms with Crippen molar-refractivity contribution in [1.82, 2.24) is 4.98 Å². The van der Waals surface area contributed by atoms with E-state index in [9.17, 15) is 0 Å². The van der Waals surface area contributed by atoms with E-state index >= 15 is 0 Å². The number of benzene rings is 1. The first-order valence-corrected chi connectivity index (χ1v) is 5.55. The molecule has 0 aliphatic heterocycles. The second kappa shape index (κ2) is 3.22. The van der Waals surface area contributed by atoms with Crippen LogP contribution in [-0.4, -0.2) is 4.98 Å². The van der Waals surface area contributed by atoms with Gasteiger partial charge in [-0.1, -0.05) is 17.7 Å². The zero-order chi connectivity index (χ0) is 10.4. The first-order chi connectivity index (χ1) is 7.22. The molecule has 0 bridgehead atoms. The zero-order valence-corrected chi connectivity index (χ0v) is 9.84. The molecule has 0 fully saturated rings. The Kier molecular flexibility index (Phi) is 1.97. The molecule has 0 N–H and O–H groups in total. The van der Waals surface area contributed by atoms with Crippen molar-refractivity contribution in [2.75, 3.05) is 0 Å². The molecule has 0 saturated heterocycles. The highest BCUT2D eigenvalue weighted by atomic mass is 79.9. The van der Waals surface area contributed by atoms with Crippen LogP contribution in [0.4, 0.5) is 0 Å². The Bertz CT molecular complexity index is 662. The van der Waals surface area contributed by atoms with Crippen LogP contribution < -0.4 is 0 Å². The van der Waals surface area contributed by atoms with Gasteiger partial charge in [-0.2, -0.15) is 0 Å². The number of nitrogens with zero attached hydrogens (tertiary/aromatic N) is 1. The lowest BCUT2D eigenvalue weighted by molar-refractivity contribution is 0.577. The maximum Gasteiger partial charge on any atom is 0.228 e. The van der Waals surface area contributed by atoms with E-state index in [-0.39, 0.29) is 0 Å². The molecule has 0 unspecified atom stereocenters. The van der Waals surface area contributed by atoms with E-state index in [1.54, 1.807) is 0 Å². The summed E-state index contributed by atoms with van der Waals surface area (Å²) in [7, 11) is 0. The lowest BCUT2D eigenvalue weighted by Crippen LogP contribution is -1.78. The fourth-order valence-electron chi connectivity index (χ4n) is 1.57. The molecule has 2 nitrogen and oxygen atoms in total. The number of rotatable bonds is 0. The molecule has 4 heteroatoms. The molecule has 0 radical (unpaired) electrons. The largest absolute Gasteiger partial charge is 0.431 e. The Labute approximate surface area is 99.0 Å². The summed E-state index contributed by atoms with van der Waals surface area (Å²) in [5.74, 6) is 0. The number of hydrogen-bond donors (Lipinski definition) is 0. The molecule has 0 atom stereocenters. The first kappa shape index (κ1) is 9.19. The fourth-order valence-corrected chi connectivity index (χ4v) is 2.13. The minimum absolute atomic E-state index is 0.622. The molecule has 0 aliphatic rings. The van der Waals surface area contributed by atoms with E-state index < -0.39 is 0 Å². The Balaban J connectivity index is 2.46. The third-order valence-corrected chi connectivity index (χ3v) is 2.86. The Morgan fingerprint density at radius 1 is 1.13 bits per heavy atom. The maximum atomic E-state index is 5.90. The number of aromatic nitrogens is 1. The average Bonchev–Trinajstić information content (AvgIpc) is 2.53. The van der Waals surface area contributed by atoms with Crippen LogP contribution in [0.1, 0.15) is 0 Å². The van der Waals surface area contributed by atoms with Crippen molar-refractivity contribution in [2.24, 2.45) is 0 Å². The van der Waals surface area contributed by atoms with Crippen LogP contribution >= 0.6 is 27.5 Å². The summed E-state index contributed by atoms with van der Waals surface area (Å²) in [4.78, 5) is 4.38. The van der Waals surface area contributed by atoms with Gasteiger partial charge < -0.3 is 4.42 Å². The van der Waals surface area contributed by atoms with Crippen LogP contribution in [-0.2, 0) is 0 Å². The number of pyridine rings is 1. The zero-order valence-electron chi connectivity index (χ0n) is 7.50. The van der Waals surface area contributed by atoms with Gasteiger partial charge in [0.2, 0.25) is 5.71 Å². The Morgan fingerprint density at radius 3 is 2.87 bits per heavy atom. The highest BCUT2D eigenvalue weighted by molar-refractivity contribution is 9.10. The van der Waals surface area contributed by atoms with Crippen molar-refractivity contribution in [3.8, 4) is 0 Å². The normalized spacial score (nSPS) is 11.3. The van der Waals surface area contributed by atoms with Gasteiger partial charge in [0.25, 0.3) is 0 Å². The third-order valence-electron chi connectivity index (χ3n) is 2.24. The van der Waals surface area contributed by atoms with E-state index in [2.05, 4.69) is 20.9 Å². The van der Waals surface area contributed by atoms with Gasteiger partial charge in [-0.3, -0.25) is 0 Å². The van der Waals surface area contributed by atoms with E-state index in [0.29, 0.717) is 15.4 Å². The molecule has 0 aliphatic carbocycles. The molecule has 2 heterocycles. The van der Waals surface area contributed by atoms with Gasteiger partial charge in [-0.25, -0.2) is 4.98 Å². The number of halogens is 2. The number of furan rings is 1. The fraction of sp³-hybridized carbons (Fsp3) is 0. The number of fused-ring (bicyclic) bond motifs is 2. The van der Waals surface area contributed by atoms with Gasteiger partial charge in [0, 0.05) is 21.9 Å². The van der Waals surface area contributed by atoms with Crippen LogP contribution in [0.5, 0.6) is 0 Å². The van der Waals surface area contributed by atoms with E-state index in [1.165, 1.54) is 0 Å². The summed E-state index contributed by atoms with van der Waals surface area (Å²) in [6.07, 6.45) is 0. The van der Waals surface area contributed by atoms with Gasteiger partial charge in [0.1, 0.15) is 0 Å². The molecular weight excluding hydrogens is 277 g/mol. The Morgan fingerprint density at radius 2 is 2.00 bits per heavy atom. The van der Waals surface area contributed by atoms with Gasteiger partial charge in [-0.15, -0.1) is 0 Å². The lowest BCUT2D eigenvalue weighted by Gasteiger charge is -1.96. The molecule has 0 spiro atoms. The van der Waals surface area contributed by atoms with Gasteiger partial charge >= 0.3 is 0 Å². The van der Waals surface area contributed by atoms with Gasteiger partial charge in [-0.05, 0) is 34.1 Å². The molecule has 15 heavy (non-hydrogen) atoms. The Hall–Kier alpha value is -1.06. The topological polar surface area (TPSA) is 26.0 Å². The molecule has 3 rings (SSSR count). The van der Waals surface area contributed by atoms with Gasteiger partial charge in [0.05, 0.1) is 5.52 Å². The van der Waals surface area contributed by atoms with Crippen LogP contribution in [0.3, 0.4) is 0 Å². The van der Waals surface area contributed by atoms with Crippen molar-refractivity contribution in [2.45, 2.75) is 0 Å². The standard InChI is InChI=1S/C11H5BrClNO/c12-10-4-7-3-6-1-2-8(13)5-9(6)14-11(7)15-10/h1-5H. The maximum absolute atomic E-state index is 5.90. The van der Waals surface area contributed by atoms with Crippen LogP contribution in [0.15, 0.2) is 39.4 Å². The summed E-state index contributed by atoms with van der Waals surface area (Å²) in [5.41, 5.74) is 1.47. The summed E-state index contributed by atoms with van der Waals surface area (Å²) >= 11 is 9.17. The van der Waals surface area contributed by atoms with Crippen molar-refractivity contribution < 1.29 is 4.42 Å². The van der Waals surface area contributed by atoms with Gasteiger partial charge in [0.15, 0.2) is 4.67 Å². The van der Waals surface area contributed by atoms with Crippen LogP contribution in [0, 0.1) is 0 Å². The third kappa shape index (κ3) is 1.52. The van der Waals surface area contributed by atoms with Crippen LogP contribution in [0.25, 0.3) is 22.0 Å². The van der Waals surface area contributed by atoms with E-state index in [4.69, 9.17) is 16.0 Å². The molecule has 1 aromatic carbocycles. The molecular formula is C11H5BrClNO. The summed E-state index contributed by atoms with van der Waals surface area (Å²) in [5, 5.41) is 2.72. The minimum atomic E-state index is 0.622. The monoisotopic (exact) mass is 281 g/mol. The molecule has 74 valence electrons. The van der Waals surface area contributed by atoms with E-state index in [1.807, 2.05) is 30.3 Å². The molecule has 0 amide bonds. The van der Waals surface area contributed by atoms with Crippen molar-refractivity contribution >= 4 is 49.5 Å². The summed E-state index contributed by atoms with van der Waals surface area (Å²) in [6.45, 7) is 0. The quantitative estimate of drug-likeness (QED) is 0.611. The first-order valence-electron chi connectivity index (χ1n) is 4.38. The SMILES string of the molecule is Clc1ccc2cc3cc(Br)oc3nc2c1. The molecule has 3 aromatic rings. The highest BCUT2D eigenvalue weighted by Crippen LogP contribution is 2.26.